The Balaban J connectivity index is 2.41. The van der Waals surface area contributed by atoms with E-state index in [-0.39, 0.29) is 6.10 Å². The van der Waals surface area contributed by atoms with Crippen LogP contribution < -0.4 is 15.4 Å². The van der Waals surface area contributed by atoms with E-state index in [1.807, 2.05) is 45.0 Å². The molecule has 1 unspecified atom stereocenters. The predicted octanol–water partition coefficient (Wildman–Crippen LogP) is 2.70. The summed E-state index contributed by atoms with van der Waals surface area (Å²) in [7, 11) is 0. The lowest BCUT2D eigenvalue weighted by atomic mass is 10.3. The van der Waals surface area contributed by atoms with E-state index in [4.69, 9.17) is 21.1 Å². The number of ether oxygens (including phenoxy) is 2. The molecule has 0 amide bonds. The third kappa shape index (κ3) is 8.10. The fourth-order valence-electron chi connectivity index (χ4n) is 1.73. The van der Waals surface area contributed by atoms with Gasteiger partial charge in [-0.05, 0) is 45.0 Å². The Morgan fingerprint density at radius 1 is 1.23 bits per heavy atom. The van der Waals surface area contributed by atoms with Gasteiger partial charge in [-0.1, -0.05) is 11.6 Å². The molecule has 0 spiro atoms. The number of guanidine groups is 1. The number of hydrogen-bond donors (Lipinski definition) is 2. The van der Waals surface area contributed by atoms with E-state index in [1.54, 1.807) is 0 Å². The van der Waals surface area contributed by atoms with Gasteiger partial charge < -0.3 is 20.1 Å². The Hall–Kier alpha value is -1.46. The highest BCUT2D eigenvalue weighted by Crippen LogP contribution is 2.16. The van der Waals surface area contributed by atoms with Crippen molar-refractivity contribution in [3.8, 4) is 5.75 Å². The van der Waals surface area contributed by atoms with E-state index in [9.17, 15) is 0 Å². The molecule has 0 aliphatic carbocycles. The summed E-state index contributed by atoms with van der Waals surface area (Å²) in [6, 6.07) is 7.33. The summed E-state index contributed by atoms with van der Waals surface area (Å²) in [6.45, 7) is 9.50. The maximum Gasteiger partial charge on any atom is 0.191 e. The minimum absolute atomic E-state index is 0.0245. The van der Waals surface area contributed by atoms with E-state index >= 15 is 0 Å². The number of hydrogen-bond acceptors (Lipinski definition) is 3. The normalized spacial score (nSPS) is 12.8. The van der Waals surface area contributed by atoms with Gasteiger partial charge in [0, 0.05) is 24.7 Å². The summed E-state index contributed by atoms with van der Waals surface area (Å²) in [5.41, 5.74) is 0. The maximum absolute atomic E-state index is 5.85. The van der Waals surface area contributed by atoms with Crippen molar-refractivity contribution in [3.63, 3.8) is 0 Å². The molecule has 1 aromatic carbocycles. The topological polar surface area (TPSA) is 54.9 Å². The van der Waals surface area contributed by atoms with Crippen LogP contribution in [0.5, 0.6) is 5.75 Å². The van der Waals surface area contributed by atoms with Gasteiger partial charge in [-0.15, -0.1) is 0 Å². The van der Waals surface area contributed by atoms with Gasteiger partial charge in [0.1, 0.15) is 11.9 Å². The van der Waals surface area contributed by atoms with Crippen LogP contribution in [0, 0.1) is 0 Å². The van der Waals surface area contributed by atoms with E-state index in [1.165, 1.54) is 0 Å². The summed E-state index contributed by atoms with van der Waals surface area (Å²) >= 11 is 5.85. The van der Waals surface area contributed by atoms with Gasteiger partial charge in [0.25, 0.3) is 0 Å². The lowest BCUT2D eigenvalue weighted by Gasteiger charge is -2.15. The predicted molar refractivity (Wildman–Crippen MR) is 92.0 cm³/mol. The van der Waals surface area contributed by atoms with Crippen LogP contribution in [-0.4, -0.2) is 44.9 Å². The van der Waals surface area contributed by atoms with Crippen molar-refractivity contribution in [2.75, 3.05) is 32.8 Å². The molecule has 5 nitrogen and oxygen atoms in total. The molecule has 0 saturated heterocycles. The summed E-state index contributed by atoms with van der Waals surface area (Å²) in [5, 5.41) is 7.12. The Morgan fingerprint density at radius 3 is 2.59 bits per heavy atom. The molecule has 2 N–H and O–H groups in total. The van der Waals surface area contributed by atoms with Crippen LogP contribution in [0.25, 0.3) is 0 Å². The molecule has 0 heterocycles. The van der Waals surface area contributed by atoms with Crippen LogP contribution in [0.15, 0.2) is 29.3 Å². The van der Waals surface area contributed by atoms with Crippen molar-refractivity contribution in [2.24, 2.45) is 4.99 Å². The number of aliphatic imine (C=N–C) groups is 1. The number of nitrogens with one attached hydrogen (secondary N) is 2. The number of rotatable bonds is 9. The first-order valence-electron chi connectivity index (χ1n) is 7.67. The molecule has 22 heavy (non-hydrogen) atoms. The molecule has 1 rings (SSSR count). The molecular formula is C16H26ClN3O2. The molecule has 1 aromatic rings. The average molecular weight is 328 g/mol. The van der Waals surface area contributed by atoms with Gasteiger partial charge in [-0.25, -0.2) is 4.99 Å². The third-order valence-corrected chi connectivity index (χ3v) is 3.00. The first kappa shape index (κ1) is 18.6. The van der Waals surface area contributed by atoms with Crippen molar-refractivity contribution in [1.82, 2.24) is 10.6 Å². The van der Waals surface area contributed by atoms with Crippen molar-refractivity contribution in [3.05, 3.63) is 29.3 Å². The number of halogens is 1. The quantitative estimate of drug-likeness (QED) is 0.416. The second-order valence-electron chi connectivity index (χ2n) is 4.73. The maximum atomic E-state index is 5.85. The molecule has 0 radical (unpaired) electrons. The first-order chi connectivity index (χ1) is 10.7. The summed E-state index contributed by atoms with van der Waals surface area (Å²) < 4.78 is 11.1. The molecule has 6 heteroatoms. The van der Waals surface area contributed by atoms with Gasteiger partial charge in [0.15, 0.2) is 5.96 Å². The van der Waals surface area contributed by atoms with Gasteiger partial charge in [-0.2, -0.15) is 0 Å². The Kier molecular flexibility index (Phi) is 9.42. The zero-order chi connectivity index (χ0) is 16.2. The van der Waals surface area contributed by atoms with Crippen molar-refractivity contribution < 1.29 is 9.47 Å². The molecule has 124 valence electrons. The summed E-state index contributed by atoms with van der Waals surface area (Å²) in [6.07, 6.45) is -0.0245. The standard InChI is InChI=1S/C16H26ClN3O2/c1-4-18-16(19-10-11-21-5-2)20-12-13(3)22-15-8-6-14(17)7-9-15/h6-9,13H,4-5,10-12H2,1-3H3,(H2,18,19,20). The number of nitrogens with zero attached hydrogens (tertiary/aromatic N) is 1. The zero-order valence-corrected chi connectivity index (χ0v) is 14.3. The van der Waals surface area contributed by atoms with Crippen molar-refractivity contribution >= 4 is 17.6 Å². The Morgan fingerprint density at radius 2 is 1.95 bits per heavy atom. The highest BCUT2D eigenvalue weighted by molar-refractivity contribution is 6.30. The van der Waals surface area contributed by atoms with Gasteiger partial charge in [0.2, 0.25) is 0 Å². The van der Waals surface area contributed by atoms with Crippen LogP contribution in [0.1, 0.15) is 20.8 Å². The van der Waals surface area contributed by atoms with Crippen LogP contribution in [0.4, 0.5) is 0 Å². The zero-order valence-electron chi connectivity index (χ0n) is 13.6. The minimum Gasteiger partial charge on any atom is -0.489 e. The van der Waals surface area contributed by atoms with Gasteiger partial charge >= 0.3 is 0 Å². The molecular weight excluding hydrogens is 302 g/mol. The molecule has 0 fully saturated rings. The average Bonchev–Trinajstić information content (AvgIpc) is 2.51. The third-order valence-electron chi connectivity index (χ3n) is 2.74. The smallest absolute Gasteiger partial charge is 0.191 e. The SMILES string of the molecule is CCNC(=NCC(C)Oc1ccc(Cl)cc1)NCCOCC. The molecule has 0 aliphatic rings. The molecule has 1 atom stereocenters. The second kappa shape index (κ2) is 11.2. The lowest BCUT2D eigenvalue weighted by Crippen LogP contribution is -2.39. The van der Waals surface area contributed by atoms with E-state index in [0.29, 0.717) is 18.2 Å². The monoisotopic (exact) mass is 327 g/mol. The Labute approximate surface area is 138 Å². The lowest BCUT2D eigenvalue weighted by molar-refractivity contribution is 0.152. The van der Waals surface area contributed by atoms with E-state index in [2.05, 4.69) is 15.6 Å². The second-order valence-corrected chi connectivity index (χ2v) is 5.16. The molecule has 0 saturated carbocycles. The Bertz CT molecular complexity index is 438. The van der Waals surface area contributed by atoms with Crippen LogP contribution in [0.3, 0.4) is 0 Å². The fraction of sp³-hybridized carbons (Fsp3) is 0.562. The van der Waals surface area contributed by atoms with Crippen LogP contribution in [-0.2, 0) is 4.74 Å². The van der Waals surface area contributed by atoms with Gasteiger partial charge in [-0.3, -0.25) is 0 Å². The van der Waals surface area contributed by atoms with E-state index < -0.39 is 0 Å². The first-order valence-corrected chi connectivity index (χ1v) is 8.05. The van der Waals surface area contributed by atoms with E-state index in [0.717, 1.165) is 31.4 Å². The van der Waals surface area contributed by atoms with Crippen LogP contribution >= 0.6 is 11.6 Å². The largest absolute Gasteiger partial charge is 0.489 e. The van der Waals surface area contributed by atoms with Crippen molar-refractivity contribution in [1.29, 1.82) is 0 Å². The number of benzene rings is 1. The fourth-order valence-corrected chi connectivity index (χ4v) is 1.86. The summed E-state index contributed by atoms with van der Waals surface area (Å²) in [5.74, 6) is 1.56. The van der Waals surface area contributed by atoms with Gasteiger partial charge in [0.05, 0.1) is 13.2 Å². The molecule has 0 aliphatic heterocycles. The highest BCUT2D eigenvalue weighted by Gasteiger charge is 2.04. The van der Waals surface area contributed by atoms with Crippen LogP contribution in [0.2, 0.25) is 5.02 Å². The molecule has 0 aromatic heterocycles. The molecule has 0 bridgehead atoms. The highest BCUT2D eigenvalue weighted by atomic mass is 35.5. The van der Waals surface area contributed by atoms with Crippen molar-refractivity contribution in [2.45, 2.75) is 26.9 Å². The minimum atomic E-state index is -0.0245. The summed E-state index contributed by atoms with van der Waals surface area (Å²) in [4.78, 5) is 4.51.